The number of anilines is 1. The lowest BCUT2D eigenvalue weighted by Crippen LogP contribution is -2.13. The Labute approximate surface area is 106 Å². The van der Waals surface area contributed by atoms with Crippen LogP contribution < -0.4 is 11.1 Å². The van der Waals surface area contributed by atoms with Crippen molar-refractivity contribution in [3.63, 3.8) is 0 Å². The molecule has 3 rings (SSSR count). The summed E-state index contributed by atoms with van der Waals surface area (Å²) in [5.74, 6) is 2.36. The molecule has 0 bridgehead atoms. The van der Waals surface area contributed by atoms with Gasteiger partial charge in [0, 0.05) is 30.9 Å². The summed E-state index contributed by atoms with van der Waals surface area (Å²) in [4.78, 5) is 12.3. The second-order valence-corrected chi connectivity index (χ2v) is 4.58. The van der Waals surface area contributed by atoms with Crippen molar-refractivity contribution in [2.24, 2.45) is 5.73 Å². The van der Waals surface area contributed by atoms with E-state index in [1.807, 2.05) is 24.4 Å². The first-order chi connectivity index (χ1) is 8.86. The van der Waals surface area contributed by atoms with Crippen LogP contribution >= 0.6 is 0 Å². The molecular weight excluding hydrogens is 226 g/mol. The molecule has 1 aliphatic carbocycles. The van der Waals surface area contributed by atoms with Crippen molar-refractivity contribution in [1.82, 2.24) is 15.0 Å². The van der Waals surface area contributed by atoms with Gasteiger partial charge in [0.2, 0.25) is 0 Å². The van der Waals surface area contributed by atoms with E-state index in [9.17, 15) is 0 Å². The van der Waals surface area contributed by atoms with Gasteiger partial charge in [0.15, 0.2) is 5.82 Å². The minimum absolute atomic E-state index is 0.596. The Bertz CT molecular complexity index is 530. The molecule has 0 atom stereocenters. The Morgan fingerprint density at radius 3 is 3.06 bits per heavy atom. The standard InChI is InChI=1S/C13H17N5/c14-6-7-15-12-3-1-2-10(17-12)13-16-8-11(18-13)9-4-5-9/h1-3,8-9H,4-7,14H2,(H,15,17)(H,16,18). The monoisotopic (exact) mass is 243 g/mol. The fourth-order valence-electron chi connectivity index (χ4n) is 1.93. The van der Waals surface area contributed by atoms with Crippen LogP contribution in [-0.2, 0) is 0 Å². The highest BCUT2D eigenvalue weighted by Crippen LogP contribution is 2.39. The molecule has 2 aromatic heterocycles. The van der Waals surface area contributed by atoms with Gasteiger partial charge >= 0.3 is 0 Å². The number of aromatic amines is 1. The van der Waals surface area contributed by atoms with Crippen LogP contribution in [0.5, 0.6) is 0 Å². The maximum Gasteiger partial charge on any atom is 0.156 e. The first-order valence-corrected chi connectivity index (χ1v) is 6.33. The topological polar surface area (TPSA) is 79.6 Å². The molecule has 4 N–H and O–H groups in total. The van der Waals surface area contributed by atoms with Gasteiger partial charge in [0.1, 0.15) is 11.5 Å². The van der Waals surface area contributed by atoms with Crippen molar-refractivity contribution in [1.29, 1.82) is 0 Å². The Hall–Kier alpha value is -1.88. The zero-order valence-corrected chi connectivity index (χ0v) is 10.2. The highest BCUT2D eigenvalue weighted by atomic mass is 15.0. The molecule has 2 aromatic rings. The first-order valence-electron chi connectivity index (χ1n) is 6.33. The molecule has 18 heavy (non-hydrogen) atoms. The number of rotatable bonds is 5. The summed E-state index contributed by atoms with van der Waals surface area (Å²) in [6, 6.07) is 5.87. The third-order valence-electron chi connectivity index (χ3n) is 3.05. The van der Waals surface area contributed by atoms with Gasteiger partial charge < -0.3 is 16.0 Å². The molecule has 0 aromatic carbocycles. The number of nitrogens with one attached hydrogen (secondary N) is 2. The van der Waals surface area contributed by atoms with Crippen LogP contribution in [0.25, 0.3) is 11.5 Å². The molecular formula is C13H17N5. The molecule has 1 aliphatic rings. The first kappa shape index (κ1) is 11.2. The average molecular weight is 243 g/mol. The Balaban J connectivity index is 1.81. The molecule has 0 aliphatic heterocycles. The van der Waals surface area contributed by atoms with Crippen molar-refractivity contribution in [3.8, 4) is 11.5 Å². The van der Waals surface area contributed by atoms with Crippen LogP contribution in [0.15, 0.2) is 24.4 Å². The molecule has 1 fully saturated rings. The van der Waals surface area contributed by atoms with Crippen LogP contribution in [0.3, 0.4) is 0 Å². The van der Waals surface area contributed by atoms with Gasteiger partial charge in [-0.1, -0.05) is 6.07 Å². The van der Waals surface area contributed by atoms with Gasteiger partial charge in [-0.05, 0) is 25.0 Å². The summed E-state index contributed by atoms with van der Waals surface area (Å²) in [7, 11) is 0. The predicted octanol–water partition coefficient (Wildman–Crippen LogP) is 1.72. The molecule has 0 saturated heterocycles. The molecule has 5 heteroatoms. The van der Waals surface area contributed by atoms with Crippen LogP contribution in [0.2, 0.25) is 0 Å². The number of pyridine rings is 1. The maximum atomic E-state index is 5.46. The average Bonchev–Trinajstić information content (AvgIpc) is 3.14. The number of imidazole rings is 1. The van der Waals surface area contributed by atoms with Crippen molar-refractivity contribution in [3.05, 3.63) is 30.1 Å². The second kappa shape index (κ2) is 4.78. The summed E-state index contributed by atoms with van der Waals surface area (Å²) >= 11 is 0. The maximum absolute atomic E-state index is 5.46. The van der Waals surface area contributed by atoms with E-state index < -0.39 is 0 Å². The van der Waals surface area contributed by atoms with Crippen LogP contribution in [0.1, 0.15) is 24.5 Å². The van der Waals surface area contributed by atoms with Gasteiger partial charge in [-0.25, -0.2) is 9.97 Å². The minimum Gasteiger partial charge on any atom is -0.369 e. The molecule has 0 unspecified atom stereocenters. The third-order valence-corrected chi connectivity index (χ3v) is 3.05. The van der Waals surface area contributed by atoms with E-state index >= 15 is 0 Å². The van der Waals surface area contributed by atoms with E-state index in [0.717, 1.165) is 23.9 Å². The number of hydrogen-bond donors (Lipinski definition) is 3. The fraction of sp³-hybridized carbons (Fsp3) is 0.385. The lowest BCUT2D eigenvalue weighted by atomic mass is 10.3. The predicted molar refractivity (Wildman–Crippen MR) is 71.3 cm³/mol. The van der Waals surface area contributed by atoms with Crippen molar-refractivity contribution in [2.45, 2.75) is 18.8 Å². The van der Waals surface area contributed by atoms with Gasteiger partial charge in [0.25, 0.3) is 0 Å². The van der Waals surface area contributed by atoms with Gasteiger partial charge in [-0.2, -0.15) is 0 Å². The van der Waals surface area contributed by atoms with Crippen LogP contribution in [0.4, 0.5) is 5.82 Å². The molecule has 0 spiro atoms. The summed E-state index contributed by atoms with van der Waals surface area (Å²) in [5, 5.41) is 3.17. The normalized spacial score (nSPS) is 14.7. The number of aromatic nitrogens is 3. The summed E-state index contributed by atoms with van der Waals surface area (Å²) in [5.41, 5.74) is 7.55. The third kappa shape index (κ3) is 2.36. The Morgan fingerprint density at radius 1 is 1.39 bits per heavy atom. The largest absolute Gasteiger partial charge is 0.369 e. The molecule has 0 radical (unpaired) electrons. The van der Waals surface area contributed by atoms with Crippen LogP contribution in [0, 0.1) is 0 Å². The zero-order valence-electron chi connectivity index (χ0n) is 10.2. The molecule has 94 valence electrons. The summed E-state index contributed by atoms with van der Waals surface area (Å²) < 4.78 is 0. The smallest absolute Gasteiger partial charge is 0.156 e. The van der Waals surface area contributed by atoms with E-state index in [-0.39, 0.29) is 0 Å². The Morgan fingerprint density at radius 2 is 2.28 bits per heavy atom. The van der Waals surface area contributed by atoms with Gasteiger partial charge in [-0.15, -0.1) is 0 Å². The van der Waals surface area contributed by atoms with Gasteiger partial charge in [0.05, 0.1) is 0 Å². The van der Waals surface area contributed by atoms with E-state index in [2.05, 4.69) is 20.3 Å². The quantitative estimate of drug-likeness (QED) is 0.747. The molecule has 1 saturated carbocycles. The SMILES string of the molecule is NCCNc1cccc(-c2ncc(C3CC3)[nH]2)n1. The minimum atomic E-state index is 0.596. The van der Waals surface area contributed by atoms with E-state index in [4.69, 9.17) is 5.73 Å². The van der Waals surface area contributed by atoms with E-state index in [1.54, 1.807) is 0 Å². The molecule has 0 amide bonds. The molecule has 2 heterocycles. The van der Waals surface area contributed by atoms with Crippen molar-refractivity contribution >= 4 is 5.82 Å². The zero-order chi connectivity index (χ0) is 12.4. The van der Waals surface area contributed by atoms with Gasteiger partial charge in [-0.3, -0.25) is 0 Å². The highest BCUT2D eigenvalue weighted by Gasteiger charge is 2.25. The number of nitrogens with two attached hydrogens (primary N) is 1. The van der Waals surface area contributed by atoms with Crippen LogP contribution in [-0.4, -0.2) is 28.0 Å². The van der Waals surface area contributed by atoms with E-state index in [0.29, 0.717) is 12.5 Å². The van der Waals surface area contributed by atoms with Crippen molar-refractivity contribution < 1.29 is 0 Å². The number of H-pyrrole nitrogens is 1. The highest BCUT2D eigenvalue weighted by molar-refractivity contribution is 5.53. The molecule has 5 nitrogen and oxygen atoms in total. The van der Waals surface area contributed by atoms with E-state index in [1.165, 1.54) is 18.5 Å². The second-order valence-electron chi connectivity index (χ2n) is 4.58. The lowest BCUT2D eigenvalue weighted by molar-refractivity contribution is 1.01. The fourth-order valence-corrected chi connectivity index (χ4v) is 1.93. The number of hydrogen-bond acceptors (Lipinski definition) is 4. The summed E-state index contributed by atoms with van der Waals surface area (Å²) in [6.45, 7) is 1.32. The lowest BCUT2D eigenvalue weighted by Gasteiger charge is -2.04. The number of nitrogens with zero attached hydrogens (tertiary/aromatic N) is 2. The Kier molecular flexibility index (Phi) is 2.98. The summed E-state index contributed by atoms with van der Waals surface area (Å²) in [6.07, 6.45) is 4.47. The van der Waals surface area contributed by atoms with Crippen molar-refractivity contribution in [2.75, 3.05) is 18.4 Å².